The first-order valence-electron chi connectivity index (χ1n) is 7.57. The van der Waals surface area contributed by atoms with Crippen molar-refractivity contribution in [3.05, 3.63) is 74.9 Å². The first-order chi connectivity index (χ1) is 12.0. The summed E-state index contributed by atoms with van der Waals surface area (Å²) in [7, 11) is 0. The van der Waals surface area contributed by atoms with Gasteiger partial charge in [0.05, 0.1) is 21.4 Å². The highest BCUT2D eigenvalue weighted by Crippen LogP contribution is 2.28. The quantitative estimate of drug-likeness (QED) is 0.557. The molecule has 0 saturated carbocycles. The molecule has 0 amide bonds. The van der Waals surface area contributed by atoms with Crippen molar-refractivity contribution in [3.63, 3.8) is 0 Å². The van der Waals surface area contributed by atoms with Gasteiger partial charge in [0.15, 0.2) is 0 Å². The second-order valence-corrected chi connectivity index (χ2v) is 6.00. The zero-order chi connectivity index (χ0) is 18.0. The van der Waals surface area contributed by atoms with Gasteiger partial charge in [-0.15, -0.1) is 0 Å². The van der Waals surface area contributed by atoms with E-state index in [-0.39, 0.29) is 5.95 Å². The molecule has 128 valence electrons. The molecule has 2 aromatic carbocycles. The molecular formula is C17H15Cl2N5O. The molecule has 2 N–H and O–H groups in total. The molecular weight excluding hydrogens is 361 g/mol. The molecule has 3 aromatic rings. The Morgan fingerprint density at radius 2 is 1.68 bits per heavy atom. The molecule has 8 heteroatoms. The van der Waals surface area contributed by atoms with Crippen molar-refractivity contribution in [2.75, 3.05) is 5.01 Å². The van der Waals surface area contributed by atoms with Crippen molar-refractivity contribution in [1.82, 2.24) is 14.5 Å². The fraction of sp³-hybridized carbons (Fsp3) is 0.118. The largest absolute Gasteiger partial charge is 0.357 e. The van der Waals surface area contributed by atoms with Crippen LogP contribution in [0.3, 0.4) is 0 Å². The van der Waals surface area contributed by atoms with Crippen LogP contribution >= 0.6 is 23.2 Å². The maximum absolute atomic E-state index is 12.7. The Labute approximate surface area is 154 Å². The maximum atomic E-state index is 12.7. The summed E-state index contributed by atoms with van der Waals surface area (Å²) in [5, 5.41) is 1.95. The van der Waals surface area contributed by atoms with Gasteiger partial charge in [0, 0.05) is 6.42 Å². The molecule has 0 saturated heterocycles. The number of para-hydroxylation sites is 2. The highest BCUT2D eigenvalue weighted by molar-refractivity contribution is 6.37. The molecule has 1 aromatic heterocycles. The third-order valence-corrected chi connectivity index (χ3v) is 4.21. The predicted molar refractivity (Wildman–Crippen MR) is 99.8 cm³/mol. The average Bonchev–Trinajstić information content (AvgIpc) is 2.62. The Hall–Kier alpha value is -2.41. The van der Waals surface area contributed by atoms with Crippen molar-refractivity contribution in [1.29, 1.82) is 0 Å². The van der Waals surface area contributed by atoms with E-state index in [4.69, 9.17) is 29.0 Å². The van der Waals surface area contributed by atoms with Crippen LogP contribution in [0.1, 0.15) is 12.7 Å². The summed E-state index contributed by atoms with van der Waals surface area (Å²) >= 11 is 12.5. The standard InChI is InChI=1S/C17H15Cl2N5O/c1-2-14-21-16(24(20)11-7-4-3-5-8-11)22-17(25)23(14)15-12(18)9-6-10-13(15)19/h3-10H,2,20H2,1H3. The van der Waals surface area contributed by atoms with E-state index >= 15 is 0 Å². The summed E-state index contributed by atoms with van der Waals surface area (Å²) in [4.78, 5) is 21.1. The van der Waals surface area contributed by atoms with E-state index in [1.54, 1.807) is 30.3 Å². The average molecular weight is 376 g/mol. The van der Waals surface area contributed by atoms with Gasteiger partial charge in [0.2, 0.25) is 0 Å². The first-order valence-corrected chi connectivity index (χ1v) is 8.32. The normalized spacial score (nSPS) is 10.7. The number of aromatic nitrogens is 3. The van der Waals surface area contributed by atoms with Gasteiger partial charge in [-0.05, 0) is 24.3 Å². The SMILES string of the molecule is CCc1nc(N(N)c2ccccc2)nc(=O)n1-c1c(Cl)cccc1Cl. The van der Waals surface area contributed by atoms with Crippen molar-refractivity contribution < 1.29 is 0 Å². The number of benzene rings is 2. The van der Waals surface area contributed by atoms with Crippen LogP contribution in [-0.2, 0) is 6.42 Å². The zero-order valence-corrected chi connectivity index (χ0v) is 14.9. The van der Waals surface area contributed by atoms with Gasteiger partial charge in [-0.3, -0.25) is 0 Å². The fourth-order valence-corrected chi connectivity index (χ4v) is 2.98. The van der Waals surface area contributed by atoms with E-state index in [1.165, 1.54) is 9.58 Å². The zero-order valence-electron chi connectivity index (χ0n) is 13.4. The molecule has 0 aliphatic rings. The number of hydrogen-bond acceptors (Lipinski definition) is 5. The van der Waals surface area contributed by atoms with Crippen LogP contribution in [-0.4, -0.2) is 14.5 Å². The second kappa shape index (κ2) is 7.23. The van der Waals surface area contributed by atoms with Crippen LogP contribution in [0, 0.1) is 0 Å². The molecule has 0 atom stereocenters. The number of halogens is 2. The molecule has 0 radical (unpaired) electrons. The van der Waals surface area contributed by atoms with E-state index < -0.39 is 5.69 Å². The monoisotopic (exact) mass is 375 g/mol. The van der Waals surface area contributed by atoms with Crippen LogP contribution < -0.4 is 16.5 Å². The lowest BCUT2D eigenvalue weighted by atomic mass is 10.3. The lowest BCUT2D eigenvalue weighted by Crippen LogP contribution is -2.34. The topological polar surface area (TPSA) is 77.0 Å². The third kappa shape index (κ3) is 3.37. The minimum Gasteiger partial charge on any atom is -0.246 e. The molecule has 0 fully saturated rings. The number of nitrogens with zero attached hydrogens (tertiary/aromatic N) is 4. The van der Waals surface area contributed by atoms with Gasteiger partial charge in [-0.1, -0.05) is 54.4 Å². The van der Waals surface area contributed by atoms with Crippen molar-refractivity contribution in [3.8, 4) is 5.69 Å². The van der Waals surface area contributed by atoms with Gasteiger partial charge in [0.1, 0.15) is 5.82 Å². The summed E-state index contributed by atoms with van der Waals surface area (Å²) in [6.45, 7) is 1.87. The Kier molecular flexibility index (Phi) is 5.03. The van der Waals surface area contributed by atoms with Gasteiger partial charge in [0.25, 0.3) is 5.95 Å². The van der Waals surface area contributed by atoms with Crippen LogP contribution in [0.5, 0.6) is 0 Å². The number of rotatable bonds is 4. The predicted octanol–water partition coefficient (Wildman–Crippen LogP) is 3.51. The van der Waals surface area contributed by atoms with Crippen LogP contribution in [0.15, 0.2) is 53.3 Å². The second-order valence-electron chi connectivity index (χ2n) is 5.19. The Balaban J connectivity index is 2.17. The van der Waals surface area contributed by atoms with E-state index in [2.05, 4.69) is 9.97 Å². The van der Waals surface area contributed by atoms with E-state index in [0.717, 1.165) is 0 Å². The lowest BCUT2D eigenvalue weighted by molar-refractivity contribution is 0.756. The smallest absolute Gasteiger partial charge is 0.246 e. The van der Waals surface area contributed by atoms with Crippen molar-refractivity contribution in [2.45, 2.75) is 13.3 Å². The summed E-state index contributed by atoms with van der Waals surface area (Å²) in [5.41, 5.74) is 0.475. The maximum Gasteiger partial charge on any atom is 0.357 e. The van der Waals surface area contributed by atoms with Crippen LogP contribution in [0.2, 0.25) is 10.0 Å². The molecule has 0 aliphatic carbocycles. The highest BCUT2D eigenvalue weighted by Gasteiger charge is 2.18. The van der Waals surface area contributed by atoms with Crippen LogP contribution in [0.4, 0.5) is 11.6 Å². The first kappa shape index (κ1) is 17.4. The molecule has 0 unspecified atom stereocenters. The van der Waals surface area contributed by atoms with E-state index in [0.29, 0.717) is 33.7 Å². The summed E-state index contributed by atoms with van der Waals surface area (Å²) in [6.07, 6.45) is 0.467. The van der Waals surface area contributed by atoms with Gasteiger partial charge in [-0.25, -0.2) is 20.2 Å². The van der Waals surface area contributed by atoms with Crippen LogP contribution in [0.25, 0.3) is 5.69 Å². The lowest BCUT2D eigenvalue weighted by Gasteiger charge is -2.19. The Bertz CT molecular complexity index is 939. The number of aryl methyl sites for hydroxylation is 1. The Morgan fingerprint density at radius 3 is 2.28 bits per heavy atom. The molecule has 3 rings (SSSR count). The summed E-state index contributed by atoms with van der Waals surface area (Å²) in [6, 6.07) is 14.1. The Morgan fingerprint density at radius 1 is 1.04 bits per heavy atom. The third-order valence-electron chi connectivity index (χ3n) is 3.60. The minimum absolute atomic E-state index is 0.104. The summed E-state index contributed by atoms with van der Waals surface area (Å²) in [5.74, 6) is 6.62. The molecule has 25 heavy (non-hydrogen) atoms. The fourth-order valence-electron chi connectivity index (χ4n) is 2.41. The number of anilines is 2. The molecule has 6 nitrogen and oxygen atoms in total. The number of nitrogens with two attached hydrogens (primary N) is 1. The van der Waals surface area contributed by atoms with Crippen molar-refractivity contribution >= 4 is 34.8 Å². The molecule has 0 spiro atoms. The molecule has 0 bridgehead atoms. The van der Waals surface area contributed by atoms with Gasteiger partial charge >= 0.3 is 5.69 Å². The van der Waals surface area contributed by atoms with Gasteiger partial charge < -0.3 is 0 Å². The van der Waals surface area contributed by atoms with Crippen molar-refractivity contribution in [2.24, 2.45) is 5.84 Å². The van der Waals surface area contributed by atoms with E-state index in [9.17, 15) is 4.79 Å². The number of hydrazine groups is 1. The minimum atomic E-state index is -0.553. The van der Waals surface area contributed by atoms with Gasteiger partial charge in [-0.2, -0.15) is 9.97 Å². The molecule has 0 aliphatic heterocycles. The van der Waals surface area contributed by atoms with E-state index in [1.807, 2.05) is 25.1 Å². The highest BCUT2D eigenvalue weighted by atomic mass is 35.5. The summed E-state index contributed by atoms with van der Waals surface area (Å²) < 4.78 is 1.31. The number of hydrogen-bond donors (Lipinski definition) is 1. The molecule has 1 heterocycles.